The predicted molar refractivity (Wildman–Crippen MR) is 129 cm³/mol. The molecular weight excluding hydrogens is 426 g/mol. The summed E-state index contributed by atoms with van der Waals surface area (Å²) in [5.74, 6) is 0.981. The number of piperidine rings is 2. The number of hydrazine groups is 1. The van der Waals surface area contributed by atoms with Crippen LogP contribution < -0.4 is 32.1 Å². The van der Waals surface area contributed by atoms with Gasteiger partial charge in [-0.15, -0.1) is 11.6 Å². The molecule has 4 aliphatic rings. The summed E-state index contributed by atoms with van der Waals surface area (Å²) in [5, 5.41) is 14.1. The van der Waals surface area contributed by atoms with Crippen LogP contribution in [0, 0.1) is 11.8 Å². The summed E-state index contributed by atoms with van der Waals surface area (Å²) in [5.41, 5.74) is 7.01. The number of carbonyl (C=O) groups is 1. The van der Waals surface area contributed by atoms with Gasteiger partial charge in [-0.25, -0.2) is 10.9 Å². The molecule has 6 unspecified atom stereocenters. The number of carbonyl (C=O) groups excluding carboxylic acids is 1. The van der Waals surface area contributed by atoms with Gasteiger partial charge in [0, 0.05) is 30.6 Å². The monoisotopic (exact) mass is 469 g/mol. The third kappa shape index (κ3) is 6.14. The van der Waals surface area contributed by atoms with E-state index in [1.165, 1.54) is 12.8 Å². The van der Waals surface area contributed by atoms with Crippen LogP contribution in [-0.2, 0) is 4.79 Å². The first-order chi connectivity index (χ1) is 15.5. The summed E-state index contributed by atoms with van der Waals surface area (Å²) in [4.78, 5) is 15.4. The second-order valence-electron chi connectivity index (χ2n) is 10.4. The third-order valence-electron chi connectivity index (χ3n) is 8.14. The largest absolute Gasteiger partial charge is 0.352 e. The predicted octanol–water partition coefficient (Wildman–Crippen LogP) is 0.690. The van der Waals surface area contributed by atoms with Crippen molar-refractivity contribution in [2.75, 3.05) is 33.2 Å². The number of hydrogen-bond donors (Lipinski definition) is 6. The fourth-order valence-corrected chi connectivity index (χ4v) is 6.53. The molecule has 3 heterocycles. The van der Waals surface area contributed by atoms with Crippen molar-refractivity contribution in [3.63, 3.8) is 0 Å². The van der Waals surface area contributed by atoms with Crippen molar-refractivity contribution in [2.24, 2.45) is 11.8 Å². The topological polar surface area (TPSA) is 92.5 Å². The van der Waals surface area contributed by atoms with Gasteiger partial charge in [0.15, 0.2) is 0 Å². The van der Waals surface area contributed by atoms with Gasteiger partial charge in [-0.1, -0.05) is 6.42 Å². The zero-order valence-electron chi connectivity index (χ0n) is 19.8. The molecule has 1 amide bonds. The van der Waals surface area contributed by atoms with E-state index in [-0.39, 0.29) is 35.5 Å². The maximum absolute atomic E-state index is 13.0. The smallest absolute Gasteiger partial charge is 0.223 e. The van der Waals surface area contributed by atoms with Crippen molar-refractivity contribution < 1.29 is 4.79 Å². The number of likely N-dealkylation sites (N-methyl/N-ethyl adjacent to an activating group) is 1. The first-order valence-corrected chi connectivity index (χ1v) is 13.3. The van der Waals surface area contributed by atoms with Gasteiger partial charge < -0.3 is 21.3 Å². The minimum absolute atomic E-state index is 0.0629. The van der Waals surface area contributed by atoms with Crippen LogP contribution in [0.1, 0.15) is 58.3 Å². The number of nitrogens with one attached hydrogen (secondary N) is 6. The highest BCUT2D eigenvalue weighted by Crippen LogP contribution is 2.26. The van der Waals surface area contributed by atoms with Gasteiger partial charge in [-0.3, -0.25) is 9.69 Å². The maximum atomic E-state index is 13.0. The molecule has 6 N–H and O–H groups in total. The summed E-state index contributed by atoms with van der Waals surface area (Å²) in [6, 6.07) is 0.626. The molecule has 7 atom stereocenters. The summed E-state index contributed by atoms with van der Waals surface area (Å²) >= 11 is 6.50. The van der Waals surface area contributed by atoms with E-state index >= 15 is 0 Å². The summed E-state index contributed by atoms with van der Waals surface area (Å²) in [6.45, 7) is 6.20. The van der Waals surface area contributed by atoms with Gasteiger partial charge in [0.05, 0.1) is 17.7 Å². The molecule has 1 saturated carbocycles. The number of rotatable bonds is 7. The van der Waals surface area contributed by atoms with Crippen molar-refractivity contribution in [3.05, 3.63) is 0 Å². The van der Waals surface area contributed by atoms with Gasteiger partial charge >= 0.3 is 0 Å². The Morgan fingerprint density at radius 1 is 1.09 bits per heavy atom. The van der Waals surface area contributed by atoms with Gasteiger partial charge in [-0.2, -0.15) is 0 Å². The van der Waals surface area contributed by atoms with Crippen LogP contribution in [0.3, 0.4) is 0 Å². The second kappa shape index (κ2) is 11.8. The van der Waals surface area contributed by atoms with Gasteiger partial charge in [0.25, 0.3) is 0 Å². The Bertz CT molecular complexity index is 605. The number of halogens is 1. The van der Waals surface area contributed by atoms with Crippen LogP contribution in [0.2, 0.25) is 0 Å². The highest BCUT2D eigenvalue weighted by molar-refractivity contribution is 6.21. The minimum atomic E-state index is 0.0629. The number of alkyl halides is 1. The molecule has 0 radical (unpaired) electrons. The van der Waals surface area contributed by atoms with E-state index in [1.807, 2.05) is 0 Å². The van der Waals surface area contributed by atoms with Crippen molar-refractivity contribution in [1.29, 1.82) is 0 Å². The van der Waals surface area contributed by atoms with Crippen LogP contribution in [0.4, 0.5) is 0 Å². The molecule has 4 fully saturated rings. The van der Waals surface area contributed by atoms with E-state index in [2.05, 4.69) is 51.0 Å². The molecule has 3 saturated heterocycles. The average Bonchev–Trinajstić information content (AvgIpc) is 3.19. The Labute approximate surface area is 198 Å². The fraction of sp³-hybridized carbons (Fsp3) is 0.957. The van der Waals surface area contributed by atoms with Crippen LogP contribution in [0.5, 0.6) is 0 Å². The van der Waals surface area contributed by atoms with Gasteiger partial charge in [-0.05, 0) is 84.5 Å². The van der Waals surface area contributed by atoms with Crippen LogP contribution in [-0.4, -0.2) is 79.9 Å². The first-order valence-electron chi connectivity index (χ1n) is 12.9. The van der Waals surface area contributed by atoms with E-state index in [0.717, 1.165) is 64.7 Å². The van der Waals surface area contributed by atoms with E-state index in [1.54, 1.807) is 0 Å². The molecule has 184 valence electrons. The number of nitrogens with zero attached hydrogens (tertiary/aromatic N) is 1. The Morgan fingerprint density at radius 3 is 2.69 bits per heavy atom. The van der Waals surface area contributed by atoms with Crippen LogP contribution in [0.15, 0.2) is 0 Å². The van der Waals surface area contributed by atoms with E-state index in [0.29, 0.717) is 18.1 Å². The Morgan fingerprint density at radius 2 is 1.91 bits per heavy atom. The molecule has 4 rings (SSSR count). The number of hydrogen-bond acceptors (Lipinski definition) is 7. The van der Waals surface area contributed by atoms with Crippen LogP contribution >= 0.6 is 11.6 Å². The molecule has 0 aromatic rings. The lowest BCUT2D eigenvalue weighted by Crippen LogP contribution is -2.56. The van der Waals surface area contributed by atoms with Crippen molar-refractivity contribution in [2.45, 2.75) is 94.1 Å². The zero-order valence-corrected chi connectivity index (χ0v) is 20.6. The molecule has 0 aromatic heterocycles. The molecule has 9 heteroatoms. The van der Waals surface area contributed by atoms with E-state index in [9.17, 15) is 4.79 Å². The highest BCUT2D eigenvalue weighted by atomic mass is 35.5. The Kier molecular flexibility index (Phi) is 9.07. The lowest BCUT2D eigenvalue weighted by atomic mass is 9.84. The summed E-state index contributed by atoms with van der Waals surface area (Å²) in [7, 11) is 2.22. The zero-order chi connectivity index (χ0) is 22.5. The van der Waals surface area contributed by atoms with Gasteiger partial charge in [0.1, 0.15) is 0 Å². The maximum Gasteiger partial charge on any atom is 0.223 e. The fourth-order valence-electron chi connectivity index (χ4n) is 6.07. The minimum Gasteiger partial charge on any atom is -0.352 e. The quantitative estimate of drug-likeness (QED) is 0.306. The van der Waals surface area contributed by atoms with Crippen molar-refractivity contribution >= 4 is 17.5 Å². The molecule has 1 aliphatic carbocycles. The van der Waals surface area contributed by atoms with E-state index in [4.69, 9.17) is 11.6 Å². The average molecular weight is 470 g/mol. The summed E-state index contributed by atoms with van der Waals surface area (Å²) in [6.07, 6.45) is 9.42. The lowest BCUT2D eigenvalue weighted by molar-refractivity contribution is -0.127. The van der Waals surface area contributed by atoms with Gasteiger partial charge in [0.2, 0.25) is 5.91 Å². The molecule has 3 aliphatic heterocycles. The highest BCUT2D eigenvalue weighted by Gasteiger charge is 2.36. The molecule has 8 nitrogen and oxygen atoms in total. The van der Waals surface area contributed by atoms with Crippen LogP contribution in [0.25, 0.3) is 0 Å². The third-order valence-corrected chi connectivity index (χ3v) is 8.63. The number of amides is 1. The SMILES string of the molecule is C[C@@H](NC(=O)C1CCCC(NCC2NNC(C3CCNCC3)N2C)C1)C1NCCCC1Cl. The Hall–Kier alpha value is -0.480. The molecular formula is C23H44ClN7O. The Balaban J connectivity index is 1.20. The first kappa shape index (κ1) is 24.6. The van der Waals surface area contributed by atoms with E-state index < -0.39 is 0 Å². The lowest BCUT2D eigenvalue weighted by Gasteiger charge is -2.36. The standard InChI is InChI=1S/C23H44ClN7O/c1-15(21-19(24)7-4-10-26-21)28-23(32)17-5-3-6-18(13-17)27-14-20-29-30-22(31(20)2)16-8-11-25-12-9-16/h15-22,25-27,29-30H,3-14H2,1-2H3,(H,28,32)/t15-,17?,18?,19?,20?,21?,22?/m1/s1. The second-order valence-corrected chi connectivity index (χ2v) is 11.0. The van der Waals surface area contributed by atoms with Crippen molar-refractivity contribution in [3.8, 4) is 0 Å². The van der Waals surface area contributed by atoms with Crippen molar-refractivity contribution in [1.82, 2.24) is 37.0 Å². The molecule has 0 aromatic carbocycles. The summed E-state index contributed by atoms with van der Waals surface area (Å²) < 4.78 is 0. The normalized spacial score (nSPS) is 38.5. The molecule has 32 heavy (non-hydrogen) atoms. The molecule has 0 spiro atoms. The molecule has 0 bridgehead atoms.